The topological polar surface area (TPSA) is 24.5 Å². The lowest BCUT2D eigenvalue weighted by molar-refractivity contribution is 0.273. The van der Waals surface area contributed by atoms with Gasteiger partial charge in [0.1, 0.15) is 5.75 Å². The van der Waals surface area contributed by atoms with Crippen LogP contribution in [0.25, 0.3) is 0 Å². The number of likely N-dealkylation sites (N-methyl/N-ethyl adjacent to an activating group) is 1. The molecule has 1 aromatic carbocycles. The molecule has 3 nitrogen and oxygen atoms in total. The van der Waals surface area contributed by atoms with Crippen LogP contribution in [0, 0.1) is 0 Å². The second kappa shape index (κ2) is 7.30. The number of hydrogen-bond acceptors (Lipinski definition) is 3. The first-order valence-electron chi connectivity index (χ1n) is 6.17. The Hall–Kier alpha value is -1.06. The molecule has 3 heteroatoms. The summed E-state index contributed by atoms with van der Waals surface area (Å²) < 4.78 is 5.19. The number of rotatable bonds is 7. The van der Waals surface area contributed by atoms with Crippen LogP contribution in [0.5, 0.6) is 5.75 Å². The minimum Gasteiger partial charge on any atom is -0.497 e. The molecule has 0 fully saturated rings. The van der Waals surface area contributed by atoms with Gasteiger partial charge in [0.05, 0.1) is 7.11 Å². The molecule has 0 saturated carbocycles. The van der Waals surface area contributed by atoms with Crippen LogP contribution in [0.2, 0.25) is 0 Å². The third kappa shape index (κ3) is 5.20. The summed E-state index contributed by atoms with van der Waals surface area (Å²) >= 11 is 0. The van der Waals surface area contributed by atoms with Crippen molar-refractivity contribution in [3.63, 3.8) is 0 Å². The monoisotopic (exact) mass is 236 g/mol. The van der Waals surface area contributed by atoms with E-state index in [1.807, 2.05) is 12.1 Å². The molecule has 0 aliphatic carbocycles. The molecule has 1 aromatic rings. The number of methoxy groups -OCH3 is 1. The van der Waals surface area contributed by atoms with Gasteiger partial charge >= 0.3 is 0 Å². The van der Waals surface area contributed by atoms with Gasteiger partial charge in [-0.15, -0.1) is 0 Å². The van der Waals surface area contributed by atoms with Crippen LogP contribution in [-0.2, 0) is 6.54 Å². The quantitative estimate of drug-likeness (QED) is 0.734. The average Bonchev–Trinajstić information content (AvgIpc) is 2.34. The average molecular weight is 236 g/mol. The van der Waals surface area contributed by atoms with E-state index in [9.17, 15) is 0 Å². The third-order valence-electron chi connectivity index (χ3n) is 2.99. The number of hydrogen-bond donors (Lipinski definition) is 1. The second-order valence-electron chi connectivity index (χ2n) is 4.60. The van der Waals surface area contributed by atoms with Gasteiger partial charge in [0.15, 0.2) is 0 Å². The van der Waals surface area contributed by atoms with E-state index >= 15 is 0 Å². The van der Waals surface area contributed by atoms with E-state index in [1.54, 1.807) is 7.11 Å². The molecular weight excluding hydrogens is 212 g/mol. The Morgan fingerprint density at radius 2 is 2.12 bits per heavy atom. The van der Waals surface area contributed by atoms with E-state index in [2.05, 4.69) is 43.2 Å². The van der Waals surface area contributed by atoms with Gasteiger partial charge in [-0.2, -0.15) is 0 Å². The molecule has 0 atom stereocenters. The molecule has 17 heavy (non-hydrogen) atoms. The molecule has 0 aromatic heterocycles. The third-order valence-corrected chi connectivity index (χ3v) is 2.99. The lowest BCUT2D eigenvalue weighted by Gasteiger charge is -2.20. The van der Waals surface area contributed by atoms with Gasteiger partial charge in [0.25, 0.3) is 0 Å². The zero-order valence-electron chi connectivity index (χ0n) is 11.4. The molecule has 0 aliphatic rings. The van der Waals surface area contributed by atoms with Crippen molar-refractivity contribution < 1.29 is 4.74 Å². The molecule has 0 heterocycles. The fourth-order valence-corrected chi connectivity index (χ4v) is 1.53. The van der Waals surface area contributed by atoms with Gasteiger partial charge in [0.2, 0.25) is 0 Å². The van der Waals surface area contributed by atoms with Crippen LogP contribution in [0.4, 0.5) is 0 Å². The van der Waals surface area contributed by atoms with Gasteiger partial charge in [-0.3, -0.25) is 0 Å². The summed E-state index contributed by atoms with van der Waals surface area (Å²) in [6.07, 6.45) is 0. The molecule has 0 bridgehead atoms. The van der Waals surface area contributed by atoms with Crippen molar-refractivity contribution in [3.05, 3.63) is 29.8 Å². The maximum Gasteiger partial charge on any atom is 0.119 e. The van der Waals surface area contributed by atoms with Crippen molar-refractivity contribution in [1.29, 1.82) is 0 Å². The van der Waals surface area contributed by atoms with E-state index in [4.69, 9.17) is 4.74 Å². The number of nitrogens with one attached hydrogen (secondary N) is 1. The predicted molar refractivity (Wildman–Crippen MR) is 72.5 cm³/mol. The van der Waals surface area contributed by atoms with Crippen molar-refractivity contribution in [2.45, 2.75) is 26.4 Å². The van der Waals surface area contributed by atoms with Crippen LogP contribution in [0.1, 0.15) is 19.4 Å². The van der Waals surface area contributed by atoms with Crippen molar-refractivity contribution in [1.82, 2.24) is 10.2 Å². The summed E-state index contributed by atoms with van der Waals surface area (Å²) in [5, 5.41) is 3.44. The maximum atomic E-state index is 5.19. The van der Waals surface area contributed by atoms with Crippen LogP contribution in [0.3, 0.4) is 0 Å². The number of benzene rings is 1. The zero-order chi connectivity index (χ0) is 12.7. The van der Waals surface area contributed by atoms with Crippen LogP contribution in [0.15, 0.2) is 24.3 Å². The highest BCUT2D eigenvalue weighted by Gasteiger charge is 2.01. The van der Waals surface area contributed by atoms with E-state index in [0.29, 0.717) is 6.04 Å². The SMILES string of the molecule is COc1cccc(CNCCN(C)C(C)C)c1. The van der Waals surface area contributed by atoms with E-state index in [-0.39, 0.29) is 0 Å². The molecular formula is C14H24N2O. The molecule has 0 unspecified atom stereocenters. The fourth-order valence-electron chi connectivity index (χ4n) is 1.53. The molecule has 0 saturated heterocycles. The first-order valence-corrected chi connectivity index (χ1v) is 6.17. The highest BCUT2D eigenvalue weighted by molar-refractivity contribution is 5.28. The van der Waals surface area contributed by atoms with E-state index in [0.717, 1.165) is 25.4 Å². The smallest absolute Gasteiger partial charge is 0.119 e. The summed E-state index contributed by atoms with van der Waals surface area (Å²) in [5.41, 5.74) is 1.26. The van der Waals surface area contributed by atoms with E-state index in [1.165, 1.54) is 5.56 Å². The predicted octanol–water partition coefficient (Wildman–Crippen LogP) is 2.12. The van der Waals surface area contributed by atoms with Gasteiger partial charge in [-0.1, -0.05) is 12.1 Å². The second-order valence-corrected chi connectivity index (χ2v) is 4.60. The van der Waals surface area contributed by atoms with Crippen LogP contribution >= 0.6 is 0 Å². The summed E-state index contributed by atoms with van der Waals surface area (Å²) in [4.78, 5) is 2.33. The Labute approximate surface area is 105 Å². The maximum absolute atomic E-state index is 5.19. The molecule has 1 rings (SSSR count). The van der Waals surface area contributed by atoms with E-state index < -0.39 is 0 Å². The van der Waals surface area contributed by atoms with Crippen molar-refractivity contribution >= 4 is 0 Å². The summed E-state index contributed by atoms with van der Waals surface area (Å²) in [7, 11) is 3.85. The normalized spacial score (nSPS) is 11.2. The first kappa shape index (κ1) is 14.0. The molecule has 0 amide bonds. The van der Waals surface area contributed by atoms with Crippen molar-refractivity contribution in [3.8, 4) is 5.75 Å². The summed E-state index contributed by atoms with van der Waals surface area (Å²) in [6.45, 7) is 7.39. The molecule has 0 aliphatic heterocycles. The number of nitrogens with zero attached hydrogens (tertiary/aromatic N) is 1. The van der Waals surface area contributed by atoms with Gasteiger partial charge in [0, 0.05) is 25.7 Å². The molecule has 1 N–H and O–H groups in total. The van der Waals surface area contributed by atoms with Crippen molar-refractivity contribution in [2.24, 2.45) is 0 Å². The van der Waals surface area contributed by atoms with Gasteiger partial charge in [-0.25, -0.2) is 0 Å². The minimum atomic E-state index is 0.605. The highest BCUT2D eigenvalue weighted by Crippen LogP contribution is 2.11. The minimum absolute atomic E-state index is 0.605. The van der Waals surface area contributed by atoms with Gasteiger partial charge in [-0.05, 0) is 38.6 Å². The Balaban J connectivity index is 2.26. The Kier molecular flexibility index (Phi) is 6.01. The highest BCUT2D eigenvalue weighted by atomic mass is 16.5. The fraction of sp³-hybridized carbons (Fsp3) is 0.571. The van der Waals surface area contributed by atoms with Crippen molar-refractivity contribution in [2.75, 3.05) is 27.2 Å². The summed E-state index contributed by atoms with van der Waals surface area (Å²) in [6, 6.07) is 8.78. The Bertz CT molecular complexity index is 326. The lowest BCUT2D eigenvalue weighted by atomic mass is 10.2. The zero-order valence-corrected chi connectivity index (χ0v) is 11.4. The first-order chi connectivity index (χ1) is 8.13. The Morgan fingerprint density at radius 3 is 2.76 bits per heavy atom. The van der Waals surface area contributed by atoms with Gasteiger partial charge < -0.3 is 15.0 Å². The largest absolute Gasteiger partial charge is 0.497 e. The lowest BCUT2D eigenvalue weighted by Crippen LogP contribution is -2.33. The molecule has 0 spiro atoms. The molecule has 96 valence electrons. The summed E-state index contributed by atoms with van der Waals surface area (Å²) in [5.74, 6) is 0.920. The van der Waals surface area contributed by atoms with Crippen LogP contribution < -0.4 is 10.1 Å². The number of ether oxygens (including phenoxy) is 1. The standard InChI is InChI=1S/C14H24N2O/c1-12(2)16(3)9-8-15-11-13-6-5-7-14(10-13)17-4/h5-7,10,12,15H,8-9,11H2,1-4H3. The molecule has 0 radical (unpaired) electrons. The Morgan fingerprint density at radius 1 is 1.35 bits per heavy atom. The van der Waals surface area contributed by atoms with Crippen LogP contribution in [-0.4, -0.2) is 38.2 Å².